The maximum atomic E-state index is 13.3. The first-order chi connectivity index (χ1) is 13.1. The highest BCUT2D eigenvalue weighted by molar-refractivity contribution is 6.31. The Balaban J connectivity index is 1.54. The fourth-order valence-electron chi connectivity index (χ4n) is 4.39. The highest BCUT2D eigenvalue weighted by Gasteiger charge is 2.44. The topological polar surface area (TPSA) is 69.5 Å². The van der Waals surface area contributed by atoms with Crippen molar-refractivity contribution in [3.63, 3.8) is 0 Å². The molecule has 8 heteroatoms. The van der Waals surface area contributed by atoms with Crippen molar-refractivity contribution in [1.82, 2.24) is 19.9 Å². The number of benzene rings is 1. The van der Waals surface area contributed by atoms with Gasteiger partial charge in [0.1, 0.15) is 11.4 Å². The summed E-state index contributed by atoms with van der Waals surface area (Å²) in [6.07, 6.45) is 5.72. The highest BCUT2D eigenvalue weighted by Crippen LogP contribution is 2.42. The molecule has 0 saturated carbocycles. The van der Waals surface area contributed by atoms with E-state index in [1.54, 1.807) is 32.4 Å². The smallest absolute Gasteiger partial charge is 0.258 e. The molecule has 2 aliphatic rings. The first kappa shape index (κ1) is 18.3. The molecule has 2 aliphatic heterocycles. The molecule has 7 nitrogen and oxygen atoms in total. The summed E-state index contributed by atoms with van der Waals surface area (Å²) in [7, 11) is 3.22. The molecule has 2 saturated heterocycles. The van der Waals surface area contributed by atoms with Crippen LogP contribution in [0.4, 0.5) is 0 Å². The largest absolute Gasteiger partial charge is 0.496 e. The summed E-state index contributed by atoms with van der Waals surface area (Å²) in [5.41, 5.74) is 1.36. The Bertz CT molecular complexity index is 826. The lowest BCUT2D eigenvalue weighted by molar-refractivity contribution is 0.0519. The summed E-state index contributed by atoms with van der Waals surface area (Å²) in [6, 6.07) is 5.82. The van der Waals surface area contributed by atoms with Gasteiger partial charge in [0.2, 0.25) is 0 Å². The van der Waals surface area contributed by atoms with Crippen LogP contribution >= 0.6 is 11.6 Å². The van der Waals surface area contributed by atoms with Crippen LogP contribution in [0.15, 0.2) is 24.4 Å². The molecule has 0 radical (unpaired) electrons. The van der Waals surface area contributed by atoms with Gasteiger partial charge in [-0.1, -0.05) is 16.8 Å². The Hall–Kier alpha value is -2.12. The molecule has 27 heavy (non-hydrogen) atoms. The van der Waals surface area contributed by atoms with Crippen LogP contribution in [0.1, 0.15) is 47.8 Å². The zero-order valence-electron chi connectivity index (χ0n) is 15.5. The van der Waals surface area contributed by atoms with E-state index in [9.17, 15) is 4.79 Å². The molecule has 2 bridgehead atoms. The molecule has 2 unspecified atom stereocenters. The van der Waals surface area contributed by atoms with E-state index >= 15 is 0 Å². The average Bonchev–Trinajstić information content (AvgIpc) is 3.23. The van der Waals surface area contributed by atoms with Crippen LogP contribution in [-0.4, -0.2) is 52.1 Å². The van der Waals surface area contributed by atoms with Crippen LogP contribution in [0, 0.1) is 0 Å². The number of nitrogens with zero attached hydrogens (tertiary/aromatic N) is 4. The number of aromatic nitrogens is 3. The van der Waals surface area contributed by atoms with Crippen molar-refractivity contribution < 1.29 is 14.3 Å². The van der Waals surface area contributed by atoms with Gasteiger partial charge in [0, 0.05) is 24.2 Å². The van der Waals surface area contributed by atoms with E-state index < -0.39 is 0 Å². The second-order valence-corrected chi connectivity index (χ2v) is 7.63. The van der Waals surface area contributed by atoms with E-state index in [1.165, 1.54) is 0 Å². The Morgan fingerprint density at radius 3 is 2.63 bits per heavy atom. The molecular formula is C19H23ClN4O3. The molecule has 2 aromatic rings. The number of hydrogen-bond acceptors (Lipinski definition) is 5. The Morgan fingerprint density at radius 1 is 1.22 bits per heavy atom. The zero-order valence-corrected chi connectivity index (χ0v) is 16.2. The van der Waals surface area contributed by atoms with Crippen molar-refractivity contribution in [2.45, 2.75) is 50.4 Å². The predicted octanol–water partition coefficient (Wildman–Crippen LogP) is 3.09. The van der Waals surface area contributed by atoms with Crippen LogP contribution in [0.25, 0.3) is 0 Å². The second-order valence-electron chi connectivity index (χ2n) is 7.19. The van der Waals surface area contributed by atoms with Crippen LogP contribution in [0.2, 0.25) is 5.02 Å². The van der Waals surface area contributed by atoms with E-state index in [0.29, 0.717) is 22.9 Å². The molecule has 2 atom stereocenters. The number of carbonyl (C=O) groups is 1. The zero-order chi connectivity index (χ0) is 19.0. The molecule has 4 rings (SSSR count). The molecule has 1 aromatic carbocycles. The van der Waals surface area contributed by atoms with Gasteiger partial charge in [-0.25, -0.2) is 4.68 Å². The van der Waals surface area contributed by atoms with E-state index in [-0.39, 0.29) is 24.0 Å². The third-order valence-corrected chi connectivity index (χ3v) is 5.79. The Morgan fingerprint density at radius 2 is 1.96 bits per heavy atom. The summed E-state index contributed by atoms with van der Waals surface area (Å²) in [6.45, 7) is 0.457. The molecule has 0 spiro atoms. The Kier molecular flexibility index (Phi) is 5.06. The summed E-state index contributed by atoms with van der Waals surface area (Å²) in [5.74, 6) is 0.561. The maximum Gasteiger partial charge on any atom is 0.258 e. The van der Waals surface area contributed by atoms with Crippen LogP contribution in [0.5, 0.6) is 5.75 Å². The van der Waals surface area contributed by atoms with Crippen molar-refractivity contribution in [3.05, 3.63) is 40.7 Å². The summed E-state index contributed by atoms with van der Waals surface area (Å²) in [4.78, 5) is 15.3. The minimum absolute atomic E-state index is 0.000961. The first-order valence-corrected chi connectivity index (χ1v) is 9.54. The van der Waals surface area contributed by atoms with E-state index in [2.05, 4.69) is 10.3 Å². The van der Waals surface area contributed by atoms with Crippen molar-refractivity contribution in [2.75, 3.05) is 14.2 Å². The minimum atomic E-state index is -0.000961. The number of fused-ring (bicyclic) bond motifs is 2. The van der Waals surface area contributed by atoms with Gasteiger partial charge >= 0.3 is 0 Å². The van der Waals surface area contributed by atoms with Gasteiger partial charge in [0.15, 0.2) is 0 Å². The molecular weight excluding hydrogens is 368 g/mol. The summed E-state index contributed by atoms with van der Waals surface area (Å²) < 4.78 is 12.4. The third kappa shape index (κ3) is 3.41. The molecule has 2 fully saturated rings. The van der Waals surface area contributed by atoms with Gasteiger partial charge < -0.3 is 14.4 Å². The second kappa shape index (κ2) is 7.48. The van der Waals surface area contributed by atoms with Gasteiger partial charge in [0.05, 0.1) is 31.5 Å². The van der Waals surface area contributed by atoms with E-state index in [0.717, 1.165) is 31.4 Å². The highest BCUT2D eigenvalue weighted by atomic mass is 35.5. The summed E-state index contributed by atoms with van der Waals surface area (Å²) in [5, 5.41) is 8.97. The minimum Gasteiger partial charge on any atom is -0.496 e. The third-order valence-electron chi connectivity index (χ3n) is 5.56. The Labute approximate surface area is 163 Å². The number of halogens is 1. The van der Waals surface area contributed by atoms with Crippen molar-refractivity contribution in [2.24, 2.45) is 0 Å². The van der Waals surface area contributed by atoms with Crippen LogP contribution < -0.4 is 4.74 Å². The lowest BCUT2D eigenvalue weighted by atomic mass is 9.96. The van der Waals surface area contributed by atoms with E-state index in [1.807, 2.05) is 15.8 Å². The monoisotopic (exact) mass is 390 g/mol. The van der Waals surface area contributed by atoms with Crippen molar-refractivity contribution in [1.29, 1.82) is 0 Å². The fraction of sp³-hybridized carbons (Fsp3) is 0.526. The van der Waals surface area contributed by atoms with Gasteiger partial charge in [-0.2, -0.15) is 0 Å². The summed E-state index contributed by atoms with van der Waals surface area (Å²) >= 11 is 6.12. The number of carbonyl (C=O) groups excluding carboxylic acids is 1. The van der Waals surface area contributed by atoms with Gasteiger partial charge in [-0.15, -0.1) is 5.10 Å². The lowest BCUT2D eigenvalue weighted by Crippen LogP contribution is -2.47. The van der Waals surface area contributed by atoms with Gasteiger partial charge in [-0.3, -0.25) is 4.79 Å². The lowest BCUT2D eigenvalue weighted by Gasteiger charge is -2.39. The number of methoxy groups -OCH3 is 2. The van der Waals surface area contributed by atoms with Crippen LogP contribution in [-0.2, 0) is 11.3 Å². The van der Waals surface area contributed by atoms with Gasteiger partial charge in [-0.05, 0) is 43.9 Å². The normalized spacial score (nSPS) is 24.3. The molecule has 1 aromatic heterocycles. The number of rotatable bonds is 5. The SMILES string of the molecule is COCc1cn(C2CC3CCC(C2)N3C(=O)c2cc(Cl)ccc2OC)nn1. The van der Waals surface area contributed by atoms with Gasteiger partial charge in [0.25, 0.3) is 5.91 Å². The number of piperidine rings is 1. The van der Waals surface area contributed by atoms with Crippen molar-refractivity contribution in [3.8, 4) is 5.75 Å². The quantitative estimate of drug-likeness (QED) is 0.784. The fourth-order valence-corrected chi connectivity index (χ4v) is 4.56. The number of amides is 1. The average molecular weight is 391 g/mol. The number of ether oxygens (including phenoxy) is 2. The van der Waals surface area contributed by atoms with Crippen molar-refractivity contribution >= 4 is 17.5 Å². The first-order valence-electron chi connectivity index (χ1n) is 9.16. The molecule has 3 heterocycles. The molecule has 144 valence electrons. The van der Waals surface area contributed by atoms with Crippen LogP contribution in [0.3, 0.4) is 0 Å². The predicted molar refractivity (Wildman–Crippen MR) is 100.0 cm³/mol. The molecule has 0 aliphatic carbocycles. The molecule has 1 amide bonds. The molecule has 0 N–H and O–H groups in total. The van der Waals surface area contributed by atoms with E-state index in [4.69, 9.17) is 21.1 Å². The number of hydrogen-bond donors (Lipinski definition) is 0. The standard InChI is InChI=1S/C19H23ClN4O3/c1-26-11-13-10-23(22-21-13)16-8-14-4-5-15(9-16)24(14)19(25)17-7-12(20)3-6-18(17)27-2/h3,6-7,10,14-16H,4-5,8-9,11H2,1-2H3. The maximum absolute atomic E-state index is 13.3.